The van der Waals surface area contributed by atoms with E-state index in [-0.39, 0.29) is 11.0 Å². The number of carbonyl (C=O) groups excluding carboxylic acids is 1. The van der Waals surface area contributed by atoms with Crippen LogP contribution in [0.2, 0.25) is 5.04 Å². The van der Waals surface area contributed by atoms with Gasteiger partial charge >= 0.3 is 5.97 Å². The zero-order chi connectivity index (χ0) is 28.7. The van der Waals surface area contributed by atoms with Crippen molar-refractivity contribution in [2.75, 3.05) is 0 Å². The van der Waals surface area contributed by atoms with Crippen LogP contribution in [0.3, 0.4) is 0 Å². The fourth-order valence-corrected chi connectivity index (χ4v) is 10.4. The van der Waals surface area contributed by atoms with Crippen molar-refractivity contribution in [2.45, 2.75) is 57.1 Å². The van der Waals surface area contributed by atoms with Gasteiger partial charge < -0.3 is 13.9 Å². The molecule has 4 aromatic carbocycles. The molecule has 210 valence electrons. The molecule has 3 atom stereocenters. The fraction of sp³-hybridized carbons (Fsp3) is 0.250. The Balaban J connectivity index is 1.67. The van der Waals surface area contributed by atoms with Gasteiger partial charge in [0, 0.05) is 12.5 Å². The molecule has 0 saturated heterocycles. The summed E-state index contributed by atoms with van der Waals surface area (Å²) in [6.45, 7) is 7.18. The lowest BCUT2D eigenvalue weighted by molar-refractivity contribution is -0.162. The number of hydrogen-bond acceptors (Lipinski definition) is 4. The molecular formula is C36H38O4Si. The van der Waals surface area contributed by atoms with E-state index in [9.17, 15) is 4.79 Å². The topological polar surface area (TPSA) is 44.8 Å². The number of benzene rings is 4. The van der Waals surface area contributed by atoms with Crippen LogP contribution in [0.1, 0.15) is 44.4 Å². The molecule has 0 saturated carbocycles. The first-order chi connectivity index (χ1) is 19.9. The lowest BCUT2D eigenvalue weighted by Gasteiger charge is -2.47. The van der Waals surface area contributed by atoms with E-state index in [0.717, 1.165) is 11.1 Å². The second kappa shape index (κ2) is 12.8. The van der Waals surface area contributed by atoms with Gasteiger partial charge in [0.2, 0.25) is 0 Å². The van der Waals surface area contributed by atoms with Crippen LogP contribution in [0.25, 0.3) is 0 Å². The SMILES string of the molecule is CC(C)(C)[Si](O[C@H](c1ccccc1)[C@@H](OCc1ccccc1)[C@H]1CC=CC(=O)O1)(c1ccccc1)c1ccccc1. The summed E-state index contributed by atoms with van der Waals surface area (Å²) in [6, 6.07) is 41.5. The van der Waals surface area contributed by atoms with Crippen molar-refractivity contribution in [3.63, 3.8) is 0 Å². The van der Waals surface area contributed by atoms with Crippen LogP contribution >= 0.6 is 0 Å². The van der Waals surface area contributed by atoms with E-state index in [0.29, 0.717) is 13.0 Å². The molecule has 0 aromatic heterocycles. The summed E-state index contributed by atoms with van der Waals surface area (Å²) in [4.78, 5) is 12.5. The standard InChI is InChI=1S/C36H38O4Si/c1-36(2,3)41(30-21-12-6-13-22-30,31-23-14-7-15-24-31)40-34(29-19-10-5-11-20-29)35(32-25-16-26-33(37)39-32)38-27-28-17-8-4-9-18-28/h4-24,26,32,34-35H,25,27H2,1-3H3/t32-,34-,35+/m1/s1. The third-order valence-corrected chi connectivity index (χ3v) is 12.7. The Hall–Kier alpha value is -3.77. The Morgan fingerprint density at radius 1 is 0.780 bits per heavy atom. The minimum absolute atomic E-state index is 0.240. The van der Waals surface area contributed by atoms with Gasteiger partial charge in [0.25, 0.3) is 8.32 Å². The summed E-state index contributed by atoms with van der Waals surface area (Å²) in [7, 11) is -2.99. The lowest BCUT2D eigenvalue weighted by Crippen LogP contribution is -2.67. The van der Waals surface area contributed by atoms with E-state index >= 15 is 0 Å². The zero-order valence-corrected chi connectivity index (χ0v) is 25.0. The van der Waals surface area contributed by atoms with Crippen LogP contribution in [0.4, 0.5) is 0 Å². The largest absolute Gasteiger partial charge is 0.456 e. The average molecular weight is 563 g/mol. The summed E-state index contributed by atoms with van der Waals surface area (Å²) >= 11 is 0. The molecule has 0 unspecified atom stereocenters. The summed E-state index contributed by atoms with van der Waals surface area (Å²) in [6.07, 6.45) is 2.37. The van der Waals surface area contributed by atoms with Crippen LogP contribution in [0, 0.1) is 0 Å². The highest BCUT2D eigenvalue weighted by atomic mass is 28.4. The molecule has 1 heterocycles. The van der Waals surface area contributed by atoms with Gasteiger partial charge in [-0.05, 0) is 26.5 Å². The Labute approximate surface area is 244 Å². The van der Waals surface area contributed by atoms with E-state index < -0.39 is 26.6 Å². The third-order valence-electron chi connectivity index (χ3n) is 7.69. The van der Waals surface area contributed by atoms with Crippen molar-refractivity contribution in [2.24, 2.45) is 0 Å². The lowest BCUT2D eigenvalue weighted by atomic mass is 9.97. The van der Waals surface area contributed by atoms with Crippen LogP contribution in [0.15, 0.2) is 133 Å². The average Bonchev–Trinajstić information content (AvgIpc) is 3.00. The van der Waals surface area contributed by atoms with Crippen LogP contribution in [-0.2, 0) is 25.3 Å². The Kier molecular flexibility index (Phi) is 8.98. The predicted molar refractivity (Wildman–Crippen MR) is 167 cm³/mol. The van der Waals surface area contributed by atoms with E-state index in [1.54, 1.807) is 0 Å². The van der Waals surface area contributed by atoms with Crippen molar-refractivity contribution in [1.82, 2.24) is 0 Å². The van der Waals surface area contributed by atoms with E-state index in [1.807, 2.05) is 66.7 Å². The van der Waals surface area contributed by atoms with E-state index in [4.69, 9.17) is 13.9 Å². The molecule has 0 N–H and O–H groups in total. The van der Waals surface area contributed by atoms with Gasteiger partial charge in [0.15, 0.2) is 0 Å². The number of rotatable bonds is 10. The van der Waals surface area contributed by atoms with Gasteiger partial charge in [0.05, 0.1) is 6.61 Å². The Morgan fingerprint density at radius 3 is 1.80 bits per heavy atom. The first-order valence-corrected chi connectivity index (χ1v) is 16.2. The summed E-state index contributed by atoms with van der Waals surface area (Å²) in [5.74, 6) is -0.355. The smallest absolute Gasteiger partial charge is 0.330 e. The number of hydrogen-bond donors (Lipinski definition) is 0. The molecule has 4 aromatic rings. The minimum atomic E-state index is -2.99. The fourth-order valence-electron chi connectivity index (χ4n) is 5.74. The van der Waals surface area contributed by atoms with Crippen molar-refractivity contribution < 1.29 is 18.7 Å². The molecule has 5 rings (SSSR count). The van der Waals surface area contributed by atoms with Gasteiger partial charge in [-0.15, -0.1) is 0 Å². The second-order valence-corrected chi connectivity index (χ2v) is 15.7. The molecule has 0 spiro atoms. The molecule has 1 aliphatic heterocycles. The van der Waals surface area contributed by atoms with Gasteiger partial charge in [-0.3, -0.25) is 0 Å². The normalized spacial score (nSPS) is 17.0. The summed E-state index contributed by atoms with van der Waals surface area (Å²) in [5, 5.41) is 2.12. The molecule has 41 heavy (non-hydrogen) atoms. The van der Waals surface area contributed by atoms with Crippen LogP contribution in [0.5, 0.6) is 0 Å². The van der Waals surface area contributed by atoms with Crippen molar-refractivity contribution in [3.05, 3.63) is 145 Å². The molecule has 0 fully saturated rings. The monoisotopic (exact) mass is 562 g/mol. The van der Waals surface area contributed by atoms with Crippen LogP contribution in [-0.4, -0.2) is 26.5 Å². The maximum absolute atomic E-state index is 12.5. The predicted octanol–water partition coefficient (Wildman–Crippen LogP) is 6.76. The van der Waals surface area contributed by atoms with Gasteiger partial charge in [-0.2, -0.15) is 0 Å². The summed E-state index contributed by atoms with van der Waals surface area (Å²) in [5.41, 5.74) is 2.04. The molecule has 0 bridgehead atoms. The zero-order valence-electron chi connectivity index (χ0n) is 24.0. The molecule has 4 nitrogen and oxygen atoms in total. The van der Waals surface area contributed by atoms with Crippen molar-refractivity contribution in [1.29, 1.82) is 0 Å². The third kappa shape index (κ3) is 6.43. The second-order valence-electron chi connectivity index (χ2n) is 11.5. The first kappa shape index (κ1) is 28.7. The number of ether oxygens (including phenoxy) is 2. The number of cyclic esters (lactones) is 1. The summed E-state index contributed by atoms with van der Waals surface area (Å²) < 4.78 is 20.4. The molecule has 1 aliphatic rings. The molecule has 5 heteroatoms. The first-order valence-electron chi connectivity index (χ1n) is 14.2. The molecule has 0 aliphatic carbocycles. The Bertz CT molecular complexity index is 1380. The maximum atomic E-state index is 12.5. The Morgan fingerprint density at radius 2 is 1.29 bits per heavy atom. The highest BCUT2D eigenvalue weighted by molar-refractivity contribution is 6.99. The van der Waals surface area contributed by atoms with Gasteiger partial charge in [0.1, 0.15) is 18.3 Å². The highest BCUT2D eigenvalue weighted by Crippen LogP contribution is 2.42. The number of esters is 1. The molecule has 0 amide bonds. The molecule has 0 radical (unpaired) electrons. The molecular weight excluding hydrogens is 524 g/mol. The van der Waals surface area contributed by atoms with Crippen molar-refractivity contribution in [3.8, 4) is 0 Å². The van der Waals surface area contributed by atoms with Crippen LogP contribution < -0.4 is 10.4 Å². The van der Waals surface area contributed by atoms with Crippen molar-refractivity contribution >= 4 is 24.7 Å². The minimum Gasteiger partial charge on any atom is -0.456 e. The maximum Gasteiger partial charge on any atom is 0.330 e. The van der Waals surface area contributed by atoms with Gasteiger partial charge in [-0.25, -0.2) is 4.79 Å². The highest BCUT2D eigenvalue weighted by Gasteiger charge is 2.53. The quantitative estimate of drug-likeness (QED) is 0.158. The van der Waals surface area contributed by atoms with E-state index in [1.165, 1.54) is 16.4 Å². The van der Waals surface area contributed by atoms with E-state index in [2.05, 4.69) is 81.4 Å². The number of carbonyl (C=O) groups is 1. The van der Waals surface area contributed by atoms with Gasteiger partial charge in [-0.1, -0.05) is 148 Å².